The summed E-state index contributed by atoms with van der Waals surface area (Å²) in [6, 6.07) is 0. The van der Waals surface area contributed by atoms with Gasteiger partial charge in [-0.1, -0.05) is 52.9 Å². The highest BCUT2D eigenvalue weighted by Gasteiger charge is 2.11. The summed E-state index contributed by atoms with van der Waals surface area (Å²) in [5.74, 6) is 2.28. The van der Waals surface area contributed by atoms with Crippen molar-refractivity contribution in [3.8, 4) is 0 Å². The van der Waals surface area contributed by atoms with Gasteiger partial charge in [0.1, 0.15) is 12.4 Å². The minimum Gasteiger partial charge on any atom is -0.388 e. The van der Waals surface area contributed by atoms with E-state index in [4.69, 9.17) is 0 Å². The van der Waals surface area contributed by atoms with Crippen molar-refractivity contribution in [1.82, 2.24) is 14.8 Å². The Morgan fingerprint density at radius 2 is 1.63 bits per heavy atom. The average Bonchev–Trinajstić information content (AvgIpc) is 2.75. The number of aliphatic hydroxyl groups is 1. The minimum absolute atomic E-state index is 0.0176. The number of hydrogen-bond donors (Lipinski definition) is 1. The topological polar surface area (TPSA) is 50.9 Å². The van der Waals surface area contributed by atoms with E-state index in [1.165, 1.54) is 38.5 Å². The summed E-state index contributed by atoms with van der Waals surface area (Å²) in [5, 5.41) is 17.6. The Morgan fingerprint density at radius 1 is 1.00 bits per heavy atom. The molecule has 0 bridgehead atoms. The third kappa shape index (κ3) is 5.72. The summed E-state index contributed by atoms with van der Waals surface area (Å²) in [6.07, 6.45) is 8.72. The summed E-state index contributed by atoms with van der Waals surface area (Å²) >= 11 is 0. The van der Waals surface area contributed by atoms with Crippen LogP contribution in [-0.2, 0) is 19.6 Å². The molecule has 0 aliphatic rings. The van der Waals surface area contributed by atoms with Crippen molar-refractivity contribution in [2.24, 2.45) is 5.92 Å². The van der Waals surface area contributed by atoms with Gasteiger partial charge in [0, 0.05) is 13.0 Å². The van der Waals surface area contributed by atoms with Gasteiger partial charge in [0.15, 0.2) is 5.82 Å². The Kier molecular flexibility index (Phi) is 7.72. The largest absolute Gasteiger partial charge is 0.388 e. The van der Waals surface area contributed by atoms with E-state index in [0.717, 1.165) is 18.8 Å². The Hall–Kier alpha value is -0.900. The minimum atomic E-state index is -0.0176. The number of aryl methyl sites for hydroxylation is 1. The molecule has 110 valence electrons. The summed E-state index contributed by atoms with van der Waals surface area (Å²) < 4.78 is 2.09. The monoisotopic (exact) mass is 267 g/mol. The van der Waals surface area contributed by atoms with Crippen molar-refractivity contribution in [3.05, 3.63) is 11.6 Å². The number of unbranched alkanes of at least 4 members (excludes halogenated alkanes) is 5. The lowest BCUT2D eigenvalue weighted by Crippen LogP contribution is -2.12. The first kappa shape index (κ1) is 16.2. The molecule has 1 aromatic heterocycles. The number of hydrogen-bond acceptors (Lipinski definition) is 3. The molecule has 0 radical (unpaired) electrons. The van der Waals surface area contributed by atoms with Crippen LogP contribution in [0.15, 0.2) is 0 Å². The van der Waals surface area contributed by atoms with Crippen molar-refractivity contribution in [2.45, 2.75) is 78.9 Å². The maximum absolute atomic E-state index is 9.29. The molecule has 1 rings (SSSR count). The van der Waals surface area contributed by atoms with Gasteiger partial charge in [0.05, 0.1) is 0 Å². The van der Waals surface area contributed by atoms with E-state index in [9.17, 15) is 5.11 Å². The van der Waals surface area contributed by atoms with Gasteiger partial charge in [-0.25, -0.2) is 0 Å². The Balaban J connectivity index is 2.42. The molecule has 0 saturated heterocycles. The molecule has 0 unspecified atom stereocenters. The average molecular weight is 267 g/mol. The third-order valence-corrected chi connectivity index (χ3v) is 3.35. The van der Waals surface area contributed by atoms with Gasteiger partial charge >= 0.3 is 0 Å². The smallest absolute Gasteiger partial charge is 0.158 e. The highest BCUT2D eigenvalue weighted by atomic mass is 16.3. The first-order valence-corrected chi connectivity index (χ1v) is 7.70. The summed E-state index contributed by atoms with van der Waals surface area (Å²) in [7, 11) is 0. The van der Waals surface area contributed by atoms with E-state index in [1.54, 1.807) is 0 Å². The van der Waals surface area contributed by atoms with E-state index in [2.05, 4.69) is 35.5 Å². The molecule has 0 atom stereocenters. The summed E-state index contributed by atoms with van der Waals surface area (Å²) in [4.78, 5) is 0. The highest BCUT2D eigenvalue weighted by Crippen LogP contribution is 2.12. The van der Waals surface area contributed by atoms with Crippen LogP contribution >= 0.6 is 0 Å². The SMILES string of the molecule is CCCCCCCCc1nnc(CO)n1CC(C)C. The molecule has 0 spiro atoms. The maximum atomic E-state index is 9.29. The zero-order valence-corrected chi connectivity index (χ0v) is 12.7. The van der Waals surface area contributed by atoms with Gasteiger partial charge in [-0.15, -0.1) is 10.2 Å². The van der Waals surface area contributed by atoms with Gasteiger partial charge < -0.3 is 9.67 Å². The Morgan fingerprint density at radius 3 is 2.26 bits per heavy atom. The highest BCUT2D eigenvalue weighted by molar-refractivity contribution is 4.95. The van der Waals surface area contributed by atoms with Crippen LogP contribution < -0.4 is 0 Å². The van der Waals surface area contributed by atoms with E-state index in [0.29, 0.717) is 11.7 Å². The van der Waals surface area contributed by atoms with E-state index >= 15 is 0 Å². The van der Waals surface area contributed by atoms with Crippen LogP contribution in [0.2, 0.25) is 0 Å². The van der Waals surface area contributed by atoms with Crippen molar-refractivity contribution < 1.29 is 5.11 Å². The van der Waals surface area contributed by atoms with Gasteiger partial charge in [0.25, 0.3) is 0 Å². The second-order valence-electron chi connectivity index (χ2n) is 5.71. The van der Waals surface area contributed by atoms with Gasteiger partial charge in [0.2, 0.25) is 0 Å². The number of aliphatic hydroxyl groups excluding tert-OH is 1. The molecule has 1 N–H and O–H groups in total. The maximum Gasteiger partial charge on any atom is 0.158 e. The van der Waals surface area contributed by atoms with E-state index < -0.39 is 0 Å². The van der Waals surface area contributed by atoms with Crippen LogP contribution in [0.3, 0.4) is 0 Å². The quantitative estimate of drug-likeness (QED) is 0.662. The molecule has 0 amide bonds. The lowest BCUT2D eigenvalue weighted by atomic mass is 10.1. The van der Waals surface area contributed by atoms with E-state index in [-0.39, 0.29) is 6.61 Å². The van der Waals surface area contributed by atoms with E-state index in [1.807, 2.05) is 0 Å². The molecular weight excluding hydrogens is 238 g/mol. The van der Waals surface area contributed by atoms with Crippen LogP contribution in [0.5, 0.6) is 0 Å². The molecule has 1 heterocycles. The molecule has 0 saturated carbocycles. The second-order valence-corrected chi connectivity index (χ2v) is 5.71. The standard InChI is InChI=1S/C15H29N3O/c1-4-5-6-7-8-9-10-14-16-17-15(12-19)18(14)11-13(2)3/h13,19H,4-12H2,1-3H3. The first-order chi connectivity index (χ1) is 9.19. The van der Waals surface area contributed by atoms with Crippen LogP contribution in [0.1, 0.15) is 70.9 Å². The van der Waals surface area contributed by atoms with Crippen molar-refractivity contribution in [2.75, 3.05) is 0 Å². The molecule has 0 aromatic carbocycles. The zero-order chi connectivity index (χ0) is 14.1. The fourth-order valence-corrected chi connectivity index (χ4v) is 2.31. The van der Waals surface area contributed by atoms with Crippen molar-refractivity contribution >= 4 is 0 Å². The Bertz CT molecular complexity index is 347. The number of nitrogens with zero attached hydrogens (tertiary/aromatic N) is 3. The predicted octanol–water partition coefficient (Wildman–Crippen LogP) is 3.33. The molecule has 4 heteroatoms. The van der Waals surface area contributed by atoms with Gasteiger partial charge in [-0.05, 0) is 12.3 Å². The van der Waals surface area contributed by atoms with Crippen LogP contribution in [0.4, 0.5) is 0 Å². The van der Waals surface area contributed by atoms with Gasteiger partial charge in [-0.2, -0.15) is 0 Å². The first-order valence-electron chi connectivity index (χ1n) is 7.70. The summed E-state index contributed by atoms with van der Waals surface area (Å²) in [6.45, 7) is 7.47. The Labute approximate surface area is 117 Å². The second kappa shape index (κ2) is 9.08. The molecule has 19 heavy (non-hydrogen) atoms. The molecule has 0 aliphatic heterocycles. The lowest BCUT2D eigenvalue weighted by Gasteiger charge is -2.11. The number of rotatable bonds is 10. The lowest BCUT2D eigenvalue weighted by molar-refractivity contribution is 0.261. The fourth-order valence-electron chi connectivity index (χ4n) is 2.31. The molecule has 4 nitrogen and oxygen atoms in total. The van der Waals surface area contributed by atoms with Crippen molar-refractivity contribution in [1.29, 1.82) is 0 Å². The molecular formula is C15H29N3O. The normalized spacial score (nSPS) is 11.4. The predicted molar refractivity (Wildman–Crippen MR) is 77.9 cm³/mol. The van der Waals surface area contributed by atoms with Gasteiger partial charge in [-0.3, -0.25) is 0 Å². The van der Waals surface area contributed by atoms with Crippen molar-refractivity contribution in [3.63, 3.8) is 0 Å². The summed E-state index contributed by atoms with van der Waals surface area (Å²) in [5.41, 5.74) is 0. The number of aromatic nitrogens is 3. The molecule has 1 aromatic rings. The fraction of sp³-hybridized carbons (Fsp3) is 0.867. The van der Waals surface area contributed by atoms with Crippen LogP contribution in [0, 0.1) is 5.92 Å². The molecule has 0 aliphatic carbocycles. The zero-order valence-electron chi connectivity index (χ0n) is 12.7. The van der Waals surface area contributed by atoms with Crippen LogP contribution in [0.25, 0.3) is 0 Å². The van der Waals surface area contributed by atoms with Crippen LogP contribution in [-0.4, -0.2) is 19.9 Å². The molecule has 0 fully saturated rings. The third-order valence-electron chi connectivity index (χ3n) is 3.35.